The zero-order valence-corrected chi connectivity index (χ0v) is 17.3. The van der Waals surface area contributed by atoms with Gasteiger partial charge in [0.1, 0.15) is 5.75 Å². The van der Waals surface area contributed by atoms with E-state index in [0.717, 1.165) is 13.1 Å². The Kier molecular flexibility index (Phi) is 7.29. The molecule has 1 atom stereocenters. The minimum Gasteiger partial charge on any atom is -0.495 e. The lowest BCUT2D eigenvalue weighted by Gasteiger charge is -2.34. The molecule has 1 aliphatic rings. The van der Waals surface area contributed by atoms with E-state index in [1.807, 2.05) is 6.92 Å². The molecule has 0 aliphatic carbocycles. The van der Waals surface area contributed by atoms with Crippen LogP contribution < -0.4 is 14.8 Å². The molecule has 28 heavy (non-hydrogen) atoms. The number of amides is 1. The molecule has 2 aromatic carbocycles. The Morgan fingerprint density at radius 3 is 2.68 bits per heavy atom. The van der Waals surface area contributed by atoms with Gasteiger partial charge in [0.15, 0.2) is 0 Å². The van der Waals surface area contributed by atoms with Crippen molar-refractivity contribution in [3.8, 4) is 5.75 Å². The highest BCUT2D eigenvalue weighted by atomic mass is 35.5. The molecule has 1 amide bonds. The second-order valence-corrected chi connectivity index (χ2v) is 8.07. The molecular weight excluding hydrogens is 402 g/mol. The molecule has 152 valence electrons. The monoisotopic (exact) mass is 425 g/mol. The first-order valence-corrected chi connectivity index (χ1v) is 10.2. The second-order valence-electron chi connectivity index (χ2n) is 6.39. The average Bonchev–Trinajstić information content (AvgIpc) is 2.68. The largest absolute Gasteiger partial charge is 0.495 e. The molecule has 1 aliphatic heterocycles. The number of benzene rings is 2. The predicted octanol–water partition coefficient (Wildman–Crippen LogP) is 2.35. The van der Waals surface area contributed by atoms with Gasteiger partial charge in [-0.3, -0.25) is 9.52 Å². The van der Waals surface area contributed by atoms with Crippen molar-refractivity contribution in [2.75, 3.05) is 31.5 Å². The molecule has 0 aromatic heterocycles. The number of nitrogens with one attached hydrogen (secondary N) is 2. The number of halogens is 1. The summed E-state index contributed by atoms with van der Waals surface area (Å²) in [6, 6.07) is 12.9. The van der Waals surface area contributed by atoms with Gasteiger partial charge in [0, 0.05) is 31.2 Å². The number of anilines is 1. The number of carbonyl (C=O) groups is 1. The number of para-hydroxylation sites is 2. The van der Waals surface area contributed by atoms with Gasteiger partial charge in [-0.2, -0.15) is 0 Å². The maximum absolute atomic E-state index is 12.8. The molecule has 1 fully saturated rings. The van der Waals surface area contributed by atoms with E-state index < -0.39 is 10.0 Å². The average molecular weight is 426 g/mol. The molecule has 1 saturated heterocycles. The first-order valence-electron chi connectivity index (χ1n) is 8.70. The fourth-order valence-electron chi connectivity index (χ4n) is 3.04. The lowest BCUT2D eigenvalue weighted by molar-refractivity contribution is 0.0655. The smallest absolute Gasteiger partial charge is 0.262 e. The van der Waals surface area contributed by atoms with E-state index in [1.54, 1.807) is 41.3 Å². The number of hydrogen-bond acceptors (Lipinski definition) is 5. The van der Waals surface area contributed by atoms with Gasteiger partial charge in [0.2, 0.25) is 0 Å². The molecule has 0 saturated carbocycles. The third kappa shape index (κ3) is 4.76. The van der Waals surface area contributed by atoms with E-state index in [0.29, 0.717) is 23.5 Å². The summed E-state index contributed by atoms with van der Waals surface area (Å²) in [4.78, 5) is 14.6. The normalized spacial score (nSPS) is 16.8. The summed E-state index contributed by atoms with van der Waals surface area (Å²) in [5, 5.41) is 3.23. The van der Waals surface area contributed by atoms with Crippen LogP contribution in [0.15, 0.2) is 53.4 Å². The van der Waals surface area contributed by atoms with Crippen LogP contribution in [0.2, 0.25) is 0 Å². The van der Waals surface area contributed by atoms with Crippen LogP contribution in [0.4, 0.5) is 5.69 Å². The van der Waals surface area contributed by atoms with E-state index in [-0.39, 0.29) is 29.3 Å². The van der Waals surface area contributed by atoms with Crippen molar-refractivity contribution in [1.29, 1.82) is 0 Å². The highest BCUT2D eigenvalue weighted by molar-refractivity contribution is 7.92. The van der Waals surface area contributed by atoms with Crippen molar-refractivity contribution in [2.24, 2.45) is 0 Å². The molecular formula is C19H24ClN3O4S. The summed E-state index contributed by atoms with van der Waals surface area (Å²) < 4.78 is 33.3. The Labute approximate surface area is 171 Å². The Morgan fingerprint density at radius 2 is 1.96 bits per heavy atom. The molecule has 9 heteroatoms. The van der Waals surface area contributed by atoms with Crippen LogP contribution >= 0.6 is 12.4 Å². The van der Waals surface area contributed by atoms with Gasteiger partial charge in [0.05, 0.1) is 17.7 Å². The number of ether oxygens (including phenoxy) is 1. The molecule has 0 bridgehead atoms. The fourth-order valence-corrected chi connectivity index (χ4v) is 4.15. The Bertz CT molecular complexity index is 936. The summed E-state index contributed by atoms with van der Waals surface area (Å²) in [5.41, 5.74) is 0.694. The number of hydrogen-bond donors (Lipinski definition) is 2. The van der Waals surface area contributed by atoms with Crippen LogP contribution in [-0.2, 0) is 10.0 Å². The first kappa shape index (κ1) is 22.0. The van der Waals surface area contributed by atoms with E-state index in [4.69, 9.17) is 4.74 Å². The van der Waals surface area contributed by atoms with E-state index in [2.05, 4.69) is 10.0 Å². The van der Waals surface area contributed by atoms with Gasteiger partial charge in [-0.05, 0) is 37.3 Å². The van der Waals surface area contributed by atoms with Gasteiger partial charge in [-0.15, -0.1) is 12.4 Å². The summed E-state index contributed by atoms with van der Waals surface area (Å²) in [6.45, 7) is 4.01. The first-order chi connectivity index (χ1) is 12.9. The van der Waals surface area contributed by atoms with Crippen LogP contribution in [0.25, 0.3) is 0 Å². The maximum Gasteiger partial charge on any atom is 0.262 e. The molecule has 1 unspecified atom stereocenters. The molecule has 0 spiro atoms. The summed E-state index contributed by atoms with van der Waals surface area (Å²) in [7, 11) is -2.39. The zero-order chi connectivity index (χ0) is 19.4. The SMILES string of the molecule is COc1ccccc1NS(=O)(=O)c1cccc(C(=O)N2CCNCC2C)c1.Cl. The minimum absolute atomic E-state index is 0. The molecule has 2 N–H and O–H groups in total. The number of piperazine rings is 1. The van der Waals surface area contributed by atoms with Crippen molar-refractivity contribution in [1.82, 2.24) is 10.2 Å². The molecule has 1 heterocycles. The molecule has 0 radical (unpaired) electrons. The topological polar surface area (TPSA) is 87.7 Å². The van der Waals surface area contributed by atoms with Crippen LogP contribution in [0.5, 0.6) is 5.75 Å². The Balaban J connectivity index is 0.00000280. The van der Waals surface area contributed by atoms with E-state index in [1.165, 1.54) is 19.2 Å². The van der Waals surface area contributed by atoms with Gasteiger partial charge >= 0.3 is 0 Å². The Morgan fingerprint density at radius 1 is 1.21 bits per heavy atom. The fraction of sp³-hybridized carbons (Fsp3) is 0.316. The lowest BCUT2D eigenvalue weighted by Crippen LogP contribution is -2.52. The number of rotatable bonds is 5. The lowest BCUT2D eigenvalue weighted by atomic mass is 10.1. The van der Waals surface area contributed by atoms with Crippen LogP contribution in [-0.4, -0.2) is 52.0 Å². The van der Waals surface area contributed by atoms with Crippen LogP contribution in [0, 0.1) is 0 Å². The maximum atomic E-state index is 12.8. The van der Waals surface area contributed by atoms with Crippen molar-refractivity contribution < 1.29 is 17.9 Å². The summed E-state index contributed by atoms with van der Waals surface area (Å²) in [5.74, 6) is 0.251. The number of methoxy groups -OCH3 is 1. The highest BCUT2D eigenvalue weighted by Crippen LogP contribution is 2.26. The van der Waals surface area contributed by atoms with Crippen LogP contribution in [0.1, 0.15) is 17.3 Å². The second kappa shape index (κ2) is 9.27. The van der Waals surface area contributed by atoms with Crippen molar-refractivity contribution in [2.45, 2.75) is 17.9 Å². The summed E-state index contributed by atoms with van der Waals surface area (Å²) in [6.07, 6.45) is 0. The quantitative estimate of drug-likeness (QED) is 0.767. The number of nitrogens with zero attached hydrogens (tertiary/aromatic N) is 1. The van der Waals surface area contributed by atoms with Gasteiger partial charge in [-0.1, -0.05) is 18.2 Å². The van der Waals surface area contributed by atoms with Gasteiger partial charge in [0.25, 0.3) is 15.9 Å². The third-order valence-corrected chi connectivity index (χ3v) is 5.87. The van der Waals surface area contributed by atoms with Gasteiger partial charge in [-0.25, -0.2) is 8.42 Å². The highest BCUT2D eigenvalue weighted by Gasteiger charge is 2.25. The molecule has 2 aromatic rings. The predicted molar refractivity (Wildman–Crippen MR) is 111 cm³/mol. The number of sulfonamides is 1. The standard InChI is InChI=1S/C19H23N3O4S.ClH/c1-14-13-20-10-11-22(14)19(23)15-6-5-7-16(12-15)27(24,25)21-17-8-3-4-9-18(17)26-2;/h3-9,12,14,20-21H,10-11,13H2,1-2H3;1H. The van der Waals surface area contributed by atoms with Crippen LogP contribution in [0.3, 0.4) is 0 Å². The van der Waals surface area contributed by atoms with E-state index >= 15 is 0 Å². The van der Waals surface area contributed by atoms with Crippen molar-refractivity contribution in [3.05, 3.63) is 54.1 Å². The molecule has 7 nitrogen and oxygen atoms in total. The zero-order valence-electron chi connectivity index (χ0n) is 15.7. The minimum atomic E-state index is -3.86. The van der Waals surface area contributed by atoms with Crippen molar-refractivity contribution in [3.63, 3.8) is 0 Å². The van der Waals surface area contributed by atoms with E-state index in [9.17, 15) is 13.2 Å². The Hall–Kier alpha value is -2.29. The molecule has 3 rings (SSSR count). The van der Waals surface area contributed by atoms with Crippen molar-refractivity contribution >= 4 is 34.0 Å². The third-order valence-electron chi connectivity index (χ3n) is 4.50. The summed E-state index contributed by atoms with van der Waals surface area (Å²) >= 11 is 0. The number of carbonyl (C=O) groups excluding carboxylic acids is 1. The van der Waals surface area contributed by atoms with Gasteiger partial charge < -0.3 is 15.0 Å².